The van der Waals surface area contributed by atoms with Gasteiger partial charge in [0.1, 0.15) is 0 Å². The van der Waals surface area contributed by atoms with Crippen LogP contribution in [0.15, 0.2) is 12.1 Å². The van der Waals surface area contributed by atoms with Crippen molar-refractivity contribution in [3.05, 3.63) is 23.3 Å². The molecule has 0 saturated carbocycles. The number of rotatable bonds is 1. The first kappa shape index (κ1) is 11.6. The topological polar surface area (TPSA) is 29.3 Å². The van der Waals surface area contributed by atoms with Gasteiger partial charge in [-0.05, 0) is 42.5 Å². The average molecular weight is 239 g/mol. The van der Waals surface area contributed by atoms with Gasteiger partial charge in [-0.1, -0.05) is 6.92 Å². The molecule has 2 heterocycles. The third-order valence-corrected chi connectivity index (χ3v) is 3.80. The number of nitrogen functional groups attached to an aromatic ring is 1. The summed E-state index contributed by atoms with van der Waals surface area (Å²) in [5.41, 5.74) is 11.4. The number of nitrogens with two attached hydrogens (primary N) is 1. The standard InChI is InChI=1S/C13H18N2.ClH/c1-2-9-8-15-5-3-4-10-6-11(14)7-12(9)13(10)15;/h6-7,9H,2-5,8,14H2,1H3;1H. The van der Waals surface area contributed by atoms with Crippen molar-refractivity contribution >= 4 is 23.8 Å². The van der Waals surface area contributed by atoms with Gasteiger partial charge in [-0.25, -0.2) is 0 Å². The Balaban J connectivity index is 0.000000963. The maximum Gasteiger partial charge on any atom is 0.0436 e. The monoisotopic (exact) mass is 238 g/mol. The van der Waals surface area contributed by atoms with Crippen molar-refractivity contribution in [3.8, 4) is 0 Å². The lowest BCUT2D eigenvalue weighted by molar-refractivity contribution is 0.648. The number of hydrogen-bond acceptors (Lipinski definition) is 2. The predicted molar refractivity (Wildman–Crippen MR) is 71.7 cm³/mol. The van der Waals surface area contributed by atoms with Crippen LogP contribution in [-0.2, 0) is 6.42 Å². The minimum Gasteiger partial charge on any atom is -0.399 e. The zero-order valence-electron chi connectivity index (χ0n) is 9.70. The van der Waals surface area contributed by atoms with E-state index in [-0.39, 0.29) is 12.4 Å². The Morgan fingerprint density at radius 2 is 2.25 bits per heavy atom. The van der Waals surface area contributed by atoms with Gasteiger partial charge in [0, 0.05) is 30.4 Å². The van der Waals surface area contributed by atoms with Gasteiger partial charge in [0.05, 0.1) is 0 Å². The molecule has 0 bridgehead atoms. The van der Waals surface area contributed by atoms with Gasteiger partial charge in [0.15, 0.2) is 0 Å². The molecule has 16 heavy (non-hydrogen) atoms. The van der Waals surface area contributed by atoms with Crippen LogP contribution in [-0.4, -0.2) is 13.1 Å². The molecule has 2 aliphatic rings. The molecule has 0 aromatic heterocycles. The van der Waals surface area contributed by atoms with Gasteiger partial charge in [0.25, 0.3) is 0 Å². The van der Waals surface area contributed by atoms with Crippen molar-refractivity contribution < 1.29 is 0 Å². The molecule has 3 rings (SSSR count). The van der Waals surface area contributed by atoms with E-state index in [1.165, 1.54) is 49.2 Å². The molecule has 88 valence electrons. The van der Waals surface area contributed by atoms with Crippen LogP contribution in [0.2, 0.25) is 0 Å². The van der Waals surface area contributed by atoms with Gasteiger partial charge >= 0.3 is 0 Å². The number of anilines is 2. The molecule has 0 saturated heterocycles. The summed E-state index contributed by atoms with van der Waals surface area (Å²) in [5, 5.41) is 0. The minimum atomic E-state index is 0. The van der Waals surface area contributed by atoms with Crippen molar-refractivity contribution in [1.29, 1.82) is 0 Å². The Morgan fingerprint density at radius 1 is 1.44 bits per heavy atom. The Morgan fingerprint density at radius 3 is 3.00 bits per heavy atom. The molecule has 1 unspecified atom stereocenters. The Kier molecular flexibility index (Phi) is 3.02. The van der Waals surface area contributed by atoms with E-state index in [1.807, 2.05) is 0 Å². The molecule has 3 heteroatoms. The van der Waals surface area contributed by atoms with Crippen LogP contribution in [0.25, 0.3) is 0 Å². The van der Waals surface area contributed by atoms with Crippen molar-refractivity contribution in [2.24, 2.45) is 0 Å². The van der Waals surface area contributed by atoms with Crippen LogP contribution in [0.5, 0.6) is 0 Å². The summed E-state index contributed by atoms with van der Waals surface area (Å²) in [4.78, 5) is 2.56. The molecule has 1 atom stereocenters. The van der Waals surface area contributed by atoms with E-state index in [1.54, 1.807) is 0 Å². The van der Waals surface area contributed by atoms with Gasteiger partial charge < -0.3 is 10.6 Å². The maximum absolute atomic E-state index is 5.98. The van der Waals surface area contributed by atoms with Gasteiger partial charge in [-0.2, -0.15) is 0 Å². The first-order chi connectivity index (χ1) is 7.29. The van der Waals surface area contributed by atoms with E-state index in [0.717, 1.165) is 5.69 Å². The first-order valence-electron chi connectivity index (χ1n) is 5.97. The highest BCUT2D eigenvalue weighted by Crippen LogP contribution is 2.44. The Bertz CT molecular complexity index is 403. The molecular formula is C13H19ClN2. The normalized spacial score (nSPS) is 21.6. The Hall–Kier alpha value is -0.890. The summed E-state index contributed by atoms with van der Waals surface area (Å²) in [6.45, 7) is 4.72. The average Bonchev–Trinajstić information content (AvgIpc) is 2.58. The number of hydrogen-bond donors (Lipinski definition) is 1. The lowest BCUT2D eigenvalue weighted by Crippen LogP contribution is -2.27. The highest BCUT2D eigenvalue weighted by molar-refractivity contribution is 5.85. The molecule has 0 fully saturated rings. The first-order valence-corrected chi connectivity index (χ1v) is 5.97. The van der Waals surface area contributed by atoms with Crippen LogP contribution in [0.4, 0.5) is 11.4 Å². The van der Waals surface area contributed by atoms with E-state index in [4.69, 9.17) is 5.73 Å². The van der Waals surface area contributed by atoms with Gasteiger partial charge in [0.2, 0.25) is 0 Å². The largest absolute Gasteiger partial charge is 0.399 e. The third kappa shape index (κ3) is 1.56. The van der Waals surface area contributed by atoms with E-state index in [0.29, 0.717) is 5.92 Å². The van der Waals surface area contributed by atoms with E-state index in [9.17, 15) is 0 Å². The summed E-state index contributed by atoms with van der Waals surface area (Å²) in [6, 6.07) is 4.36. The summed E-state index contributed by atoms with van der Waals surface area (Å²) in [6.07, 6.45) is 3.72. The smallest absolute Gasteiger partial charge is 0.0436 e. The summed E-state index contributed by atoms with van der Waals surface area (Å²) in [7, 11) is 0. The molecule has 0 spiro atoms. The fourth-order valence-electron chi connectivity index (χ4n) is 3.10. The molecular weight excluding hydrogens is 220 g/mol. The van der Waals surface area contributed by atoms with E-state index < -0.39 is 0 Å². The number of nitrogens with zero attached hydrogens (tertiary/aromatic N) is 1. The fraction of sp³-hybridized carbons (Fsp3) is 0.538. The quantitative estimate of drug-likeness (QED) is 0.763. The zero-order chi connectivity index (χ0) is 10.4. The minimum absolute atomic E-state index is 0. The lowest BCUT2D eigenvalue weighted by atomic mass is 9.94. The second kappa shape index (κ2) is 4.17. The molecule has 2 nitrogen and oxygen atoms in total. The van der Waals surface area contributed by atoms with Crippen molar-refractivity contribution in [2.45, 2.75) is 32.1 Å². The molecule has 2 aliphatic heterocycles. The molecule has 2 N–H and O–H groups in total. The number of benzene rings is 1. The molecule has 1 aromatic rings. The van der Waals surface area contributed by atoms with Crippen molar-refractivity contribution in [2.75, 3.05) is 23.7 Å². The second-order valence-corrected chi connectivity index (χ2v) is 4.77. The van der Waals surface area contributed by atoms with Crippen LogP contribution in [0.3, 0.4) is 0 Å². The van der Waals surface area contributed by atoms with Crippen molar-refractivity contribution in [1.82, 2.24) is 0 Å². The van der Waals surface area contributed by atoms with E-state index >= 15 is 0 Å². The van der Waals surface area contributed by atoms with Crippen LogP contribution >= 0.6 is 12.4 Å². The summed E-state index contributed by atoms with van der Waals surface area (Å²) in [5.74, 6) is 0.709. The van der Waals surface area contributed by atoms with Crippen LogP contribution in [0, 0.1) is 0 Å². The SMILES string of the molecule is CCC1CN2CCCc3cc(N)cc1c32.Cl. The molecule has 0 radical (unpaired) electrons. The summed E-state index contributed by atoms with van der Waals surface area (Å²) >= 11 is 0. The molecule has 0 aliphatic carbocycles. The van der Waals surface area contributed by atoms with Crippen molar-refractivity contribution in [3.63, 3.8) is 0 Å². The van der Waals surface area contributed by atoms with E-state index in [2.05, 4.69) is 24.0 Å². The number of halogens is 1. The van der Waals surface area contributed by atoms with Gasteiger partial charge in [-0.15, -0.1) is 12.4 Å². The predicted octanol–water partition coefficient (Wildman–Crippen LogP) is 2.95. The second-order valence-electron chi connectivity index (χ2n) is 4.77. The molecule has 0 amide bonds. The lowest BCUT2D eigenvalue weighted by Gasteiger charge is -2.27. The third-order valence-electron chi connectivity index (χ3n) is 3.80. The highest BCUT2D eigenvalue weighted by Gasteiger charge is 2.31. The zero-order valence-corrected chi connectivity index (χ0v) is 10.5. The Labute approximate surface area is 103 Å². The van der Waals surface area contributed by atoms with Crippen LogP contribution < -0.4 is 10.6 Å². The highest BCUT2D eigenvalue weighted by atomic mass is 35.5. The van der Waals surface area contributed by atoms with Gasteiger partial charge in [-0.3, -0.25) is 0 Å². The van der Waals surface area contributed by atoms with Crippen LogP contribution in [0.1, 0.15) is 36.8 Å². The molecule has 1 aromatic carbocycles. The fourth-order valence-corrected chi connectivity index (χ4v) is 3.10. The summed E-state index contributed by atoms with van der Waals surface area (Å²) < 4.78 is 0. The maximum atomic E-state index is 5.98. The number of aryl methyl sites for hydroxylation is 1.